The maximum atomic E-state index is 6.07. The van der Waals surface area contributed by atoms with Gasteiger partial charge in [0.1, 0.15) is 0 Å². The van der Waals surface area contributed by atoms with E-state index in [1.807, 2.05) is 10.1 Å². The number of rotatable bonds is 5. The van der Waals surface area contributed by atoms with Crippen molar-refractivity contribution in [2.75, 3.05) is 0 Å². The Bertz CT molecular complexity index is 996. The van der Waals surface area contributed by atoms with E-state index in [1.165, 1.54) is 24.3 Å². The first-order chi connectivity index (χ1) is 14.2. The maximum absolute atomic E-state index is 6.07. The van der Waals surface area contributed by atoms with Crippen LogP contribution in [0.1, 0.15) is 11.1 Å². The van der Waals surface area contributed by atoms with Crippen LogP contribution in [-0.2, 0) is 0 Å². The van der Waals surface area contributed by atoms with Gasteiger partial charge in [-0.25, -0.2) is 0 Å². The SMILES string of the molecule is Cc1ccccc1C(=S)[S][Ge]([c]1ccccc1)([c]1ccccc1)[c]1ccccc1. The Morgan fingerprint density at radius 3 is 1.38 bits per heavy atom. The van der Waals surface area contributed by atoms with Crippen LogP contribution in [0.15, 0.2) is 115 Å². The van der Waals surface area contributed by atoms with Crippen molar-refractivity contribution in [1.29, 1.82) is 0 Å². The van der Waals surface area contributed by atoms with Gasteiger partial charge in [-0.3, -0.25) is 0 Å². The molecule has 0 aliphatic heterocycles. The minimum absolute atomic E-state index is 0.986. The molecule has 0 heterocycles. The van der Waals surface area contributed by atoms with Gasteiger partial charge >= 0.3 is 185 Å². The molecule has 4 rings (SSSR count). The molecule has 142 valence electrons. The molecule has 4 aromatic carbocycles. The summed E-state index contributed by atoms with van der Waals surface area (Å²) in [5, 5.41) is 0. The van der Waals surface area contributed by atoms with Gasteiger partial charge in [0.25, 0.3) is 0 Å². The van der Waals surface area contributed by atoms with Gasteiger partial charge in [0.05, 0.1) is 0 Å². The average molecular weight is 471 g/mol. The van der Waals surface area contributed by atoms with Crippen LogP contribution in [0.2, 0.25) is 0 Å². The predicted molar refractivity (Wildman–Crippen MR) is 134 cm³/mol. The zero-order valence-electron chi connectivity index (χ0n) is 16.3. The van der Waals surface area contributed by atoms with E-state index in [-0.39, 0.29) is 0 Å². The predicted octanol–water partition coefficient (Wildman–Crippen LogP) is 5.07. The number of hydrogen-bond acceptors (Lipinski definition) is 2. The first-order valence-electron chi connectivity index (χ1n) is 9.67. The molecule has 0 radical (unpaired) electrons. The van der Waals surface area contributed by atoms with Crippen molar-refractivity contribution < 1.29 is 0 Å². The second-order valence-electron chi connectivity index (χ2n) is 6.98. The first-order valence-corrected chi connectivity index (χ1v) is 16.6. The minimum atomic E-state index is -3.11. The van der Waals surface area contributed by atoms with E-state index in [0.29, 0.717) is 0 Å². The Kier molecular flexibility index (Phi) is 6.34. The summed E-state index contributed by atoms with van der Waals surface area (Å²) >= 11 is 2.95. The van der Waals surface area contributed by atoms with E-state index in [1.54, 1.807) is 0 Å². The molecule has 0 nitrogen and oxygen atoms in total. The molecule has 29 heavy (non-hydrogen) atoms. The molecule has 0 aromatic heterocycles. The fourth-order valence-electron chi connectivity index (χ4n) is 3.69. The molecule has 0 aliphatic rings. The Balaban J connectivity index is 1.95. The summed E-state index contributed by atoms with van der Waals surface area (Å²) in [5.41, 5.74) is 2.40. The van der Waals surface area contributed by atoms with Crippen molar-refractivity contribution in [3.8, 4) is 0 Å². The average Bonchev–Trinajstić information content (AvgIpc) is 2.79. The summed E-state index contributed by atoms with van der Waals surface area (Å²) in [6.45, 7) is 2.14. The molecule has 0 amide bonds. The molecule has 0 bridgehead atoms. The second kappa shape index (κ2) is 9.12. The zero-order chi connectivity index (χ0) is 20.1. The molecule has 0 fully saturated rings. The molecular weight excluding hydrogens is 449 g/mol. The summed E-state index contributed by atoms with van der Waals surface area (Å²) in [6.07, 6.45) is 0. The van der Waals surface area contributed by atoms with Crippen LogP contribution in [-0.4, -0.2) is 16.3 Å². The van der Waals surface area contributed by atoms with Gasteiger partial charge in [-0.2, -0.15) is 0 Å². The van der Waals surface area contributed by atoms with Crippen molar-refractivity contribution in [3.63, 3.8) is 0 Å². The van der Waals surface area contributed by atoms with Crippen LogP contribution in [0.25, 0.3) is 0 Å². The van der Waals surface area contributed by atoms with Gasteiger partial charge in [-0.15, -0.1) is 0 Å². The summed E-state index contributed by atoms with van der Waals surface area (Å²) in [7, 11) is 1.94. The van der Waals surface area contributed by atoms with Crippen molar-refractivity contribution in [2.24, 2.45) is 0 Å². The summed E-state index contributed by atoms with van der Waals surface area (Å²) in [5.74, 6) is 0. The van der Waals surface area contributed by atoms with Crippen LogP contribution in [0.4, 0.5) is 0 Å². The van der Waals surface area contributed by atoms with E-state index in [9.17, 15) is 0 Å². The third kappa shape index (κ3) is 4.11. The first kappa shape index (κ1) is 20.1. The van der Waals surface area contributed by atoms with Crippen molar-refractivity contribution in [1.82, 2.24) is 0 Å². The third-order valence-electron chi connectivity index (χ3n) is 5.15. The Morgan fingerprint density at radius 2 is 0.966 bits per heavy atom. The molecular formula is C26H22GeS2. The van der Waals surface area contributed by atoms with Crippen LogP contribution < -0.4 is 13.2 Å². The molecule has 0 unspecified atom stereocenters. The quantitative estimate of drug-likeness (QED) is 0.295. The summed E-state index contributed by atoms with van der Waals surface area (Å²) in [6, 6.07) is 41.4. The molecule has 4 aromatic rings. The molecule has 0 atom stereocenters. The number of benzene rings is 4. The van der Waals surface area contributed by atoms with E-state index in [4.69, 9.17) is 12.2 Å². The van der Waals surface area contributed by atoms with Crippen LogP contribution >= 0.6 is 22.3 Å². The van der Waals surface area contributed by atoms with Crippen LogP contribution in [0, 0.1) is 6.92 Å². The van der Waals surface area contributed by atoms with E-state index < -0.39 is 12.1 Å². The zero-order valence-corrected chi connectivity index (χ0v) is 20.0. The van der Waals surface area contributed by atoms with Crippen molar-refractivity contribution in [2.45, 2.75) is 6.92 Å². The third-order valence-corrected chi connectivity index (χ3v) is 21.4. The Morgan fingerprint density at radius 1 is 0.586 bits per heavy atom. The Labute approximate surface area is 184 Å². The normalized spacial score (nSPS) is 11.2. The van der Waals surface area contributed by atoms with Gasteiger partial charge in [0.15, 0.2) is 0 Å². The van der Waals surface area contributed by atoms with Crippen molar-refractivity contribution in [3.05, 3.63) is 126 Å². The van der Waals surface area contributed by atoms with Crippen LogP contribution in [0.5, 0.6) is 0 Å². The Hall–Kier alpha value is -2.14. The molecule has 0 aliphatic carbocycles. The summed E-state index contributed by atoms with van der Waals surface area (Å²) < 4.78 is 5.21. The molecule has 0 spiro atoms. The van der Waals surface area contributed by atoms with Crippen LogP contribution in [0.3, 0.4) is 0 Å². The van der Waals surface area contributed by atoms with Gasteiger partial charge < -0.3 is 0 Å². The topological polar surface area (TPSA) is 0 Å². The van der Waals surface area contributed by atoms with Gasteiger partial charge in [0, 0.05) is 0 Å². The van der Waals surface area contributed by atoms with E-state index in [2.05, 4.69) is 122 Å². The molecule has 0 saturated heterocycles. The number of aryl methyl sites for hydroxylation is 1. The van der Waals surface area contributed by atoms with E-state index in [0.717, 1.165) is 4.20 Å². The van der Waals surface area contributed by atoms with Crippen molar-refractivity contribution >= 4 is 51.8 Å². The van der Waals surface area contributed by atoms with Gasteiger partial charge in [-0.1, -0.05) is 0 Å². The second-order valence-corrected chi connectivity index (χ2v) is 19.2. The van der Waals surface area contributed by atoms with E-state index >= 15 is 0 Å². The monoisotopic (exact) mass is 472 g/mol. The van der Waals surface area contributed by atoms with Gasteiger partial charge in [-0.05, 0) is 0 Å². The number of thiocarbonyl (C=S) groups is 1. The number of hydrogen-bond donors (Lipinski definition) is 0. The fraction of sp³-hybridized carbons (Fsp3) is 0.0385. The summed E-state index contributed by atoms with van der Waals surface area (Å²) in [4.78, 5) is 0. The van der Waals surface area contributed by atoms with Gasteiger partial charge in [0.2, 0.25) is 0 Å². The molecule has 3 heteroatoms. The fourth-order valence-corrected chi connectivity index (χ4v) is 19.9. The molecule has 0 saturated carbocycles. The molecule has 0 N–H and O–H groups in total. The standard InChI is InChI=1S/C26H22GeS2/c1-21-13-11-12-20-25(21)26(28)29-27(22-14-5-2-6-15-22,23-16-7-3-8-17-23)24-18-9-4-10-19-24/h2-20H,1H3.